The number of nitrogens with zero attached hydrogens (tertiary/aromatic N) is 1. The Hall–Kier alpha value is -1.92. The van der Waals surface area contributed by atoms with E-state index in [2.05, 4.69) is 10.3 Å². The third-order valence-electron chi connectivity index (χ3n) is 2.73. The van der Waals surface area contributed by atoms with Gasteiger partial charge in [-0.3, -0.25) is 9.59 Å². The summed E-state index contributed by atoms with van der Waals surface area (Å²) in [6.07, 6.45) is -0.259. The van der Waals surface area contributed by atoms with Gasteiger partial charge in [-0.2, -0.15) is 0 Å². The molecule has 2 rings (SSSR count). The van der Waals surface area contributed by atoms with E-state index >= 15 is 0 Å². The molecule has 2 aromatic rings. The largest absolute Gasteiger partial charge is 0.481 e. The first-order chi connectivity index (χ1) is 9.95. The summed E-state index contributed by atoms with van der Waals surface area (Å²) >= 11 is 7.20. The molecule has 0 unspecified atom stereocenters. The fraction of sp³-hybridized carbons (Fsp3) is 0.214. The lowest BCUT2D eigenvalue weighted by atomic mass is 10.1. The van der Waals surface area contributed by atoms with Crippen molar-refractivity contribution in [1.82, 2.24) is 4.98 Å². The number of anilines is 1. The molecule has 0 aliphatic heterocycles. The molecular formula is C14H13ClN2O3S. The van der Waals surface area contributed by atoms with Crippen LogP contribution in [0.15, 0.2) is 24.3 Å². The van der Waals surface area contributed by atoms with E-state index < -0.39 is 5.97 Å². The van der Waals surface area contributed by atoms with Gasteiger partial charge in [0.2, 0.25) is 5.91 Å². The number of carbonyl (C=O) groups is 2. The summed E-state index contributed by atoms with van der Waals surface area (Å²) in [6.45, 7) is 1.91. The summed E-state index contributed by atoms with van der Waals surface area (Å²) in [6, 6.07) is 7.28. The van der Waals surface area contributed by atoms with E-state index in [1.165, 1.54) is 11.3 Å². The van der Waals surface area contributed by atoms with E-state index in [1.54, 1.807) is 12.1 Å². The van der Waals surface area contributed by atoms with Gasteiger partial charge in [-0.25, -0.2) is 4.98 Å². The van der Waals surface area contributed by atoms with Crippen LogP contribution in [0.25, 0.3) is 11.3 Å². The average molecular weight is 325 g/mol. The fourth-order valence-electron chi connectivity index (χ4n) is 1.73. The minimum atomic E-state index is -0.998. The molecule has 0 saturated carbocycles. The van der Waals surface area contributed by atoms with E-state index in [0.29, 0.717) is 10.2 Å². The van der Waals surface area contributed by atoms with E-state index in [-0.39, 0.29) is 18.7 Å². The van der Waals surface area contributed by atoms with Crippen LogP contribution in [0.4, 0.5) is 5.13 Å². The molecule has 2 N–H and O–H groups in total. The first kappa shape index (κ1) is 15.5. The van der Waals surface area contributed by atoms with Crippen LogP contribution in [-0.2, 0) is 9.59 Å². The first-order valence-corrected chi connectivity index (χ1v) is 7.40. The number of benzene rings is 1. The fourth-order valence-corrected chi connectivity index (χ4v) is 2.71. The van der Waals surface area contributed by atoms with E-state index in [4.69, 9.17) is 16.7 Å². The Morgan fingerprint density at radius 1 is 1.29 bits per heavy atom. The highest BCUT2D eigenvalue weighted by Crippen LogP contribution is 2.31. The molecule has 0 spiro atoms. The molecule has 1 aromatic carbocycles. The molecule has 0 radical (unpaired) electrons. The maximum atomic E-state index is 11.6. The van der Waals surface area contributed by atoms with Crippen LogP contribution in [0.5, 0.6) is 0 Å². The van der Waals surface area contributed by atoms with E-state index in [0.717, 1.165) is 16.1 Å². The summed E-state index contributed by atoms with van der Waals surface area (Å²) in [4.78, 5) is 27.4. The molecule has 7 heteroatoms. The number of carboxylic acids is 1. The van der Waals surface area contributed by atoms with E-state index in [9.17, 15) is 9.59 Å². The molecule has 5 nitrogen and oxygen atoms in total. The lowest BCUT2D eigenvalue weighted by molar-refractivity contribution is -0.138. The highest BCUT2D eigenvalue weighted by Gasteiger charge is 2.12. The maximum absolute atomic E-state index is 11.6. The topological polar surface area (TPSA) is 79.3 Å². The number of aliphatic carboxylic acids is 1. The minimum Gasteiger partial charge on any atom is -0.481 e. The van der Waals surface area contributed by atoms with Gasteiger partial charge in [-0.05, 0) is 19.1 Å². The van der Waals surface area contributed by atoms with Crippen molar-refractivity contribution < 1.29 is 14.7 Å². The molecule has 1 heterocycles. The lowest BCUT2D eigenvalue weighted by Crippen LogP contribution is -2.12. The third kappa shape index (κ3) is 4.27. The van der Waals surface area contributed by atoms with Gasteiger partial charge in [0.25, 0.3) is 0 Å². The quantitative estimate of drug-likeness (QED) is 0.881. The van der Waals surface area contributed by atoms with Crippen LogP contribution in [0.2, 0.25) is 5.02 Å². The van der Waals surface area contributed by atoms with E-state index in [1.807, 2.05) is 19.1 Å². The van der Waals surface area contributed by atoms with Crippen molar-refractivity contribution in [2.45, 2.75) is 19.8 Å². The maximum Gasteiger partial charge on any atom is 0.303 e. The van der Waals surface area contributed by atoms with Crippen LogP contribution in [0, 0.1) is 6.92 Å². The zero-order valence-electron chi connectivity index (χ0n) is 11.2. The van der Waals surface area contributed by atoms with Gasteiger partial charge >= 0.3 is 5.97 Å². The summed E-state index contributed by atoms with van der Waals surface area (Å²) < 4.78 is 0. The van der Waals surface area contributed by atoms with Crippen LogP contribution < -0.4 is 5.32 Å². The molecule has 21 heavy (non-hydrogen) atoms. The predicted octanol–water partition coefficient (Wildman–Crippen LogP) is 3.58. The second-order valence-electron chi connectivity index (χ2n) is 4.37. The molecule has 110 valence electrons. The number of nitrogens with one attached hydrogen (secondary N) is 1. The van der Waals surface area contributed by atoms with Crippen LogP contribution in [0.3, 0.4) is 0 Å². The van der Waals surface area contributed by atoms with Crippen molar-refractivity contribution >= 4 is 39.9 Å². The van der Waals surface area contributed by atoms with Crippen molar-refractivity contribution in [2.24, 2.45) is 0 Å². The number of aromatic nitrogens is 1. The van der Waals surface area contributed by atoms with Gasteiger partial charge in [0, 0.05) is 21.9 Å². The third-order valence-corrected chi connectivity index (χ3v) is 3.86. The van der Waals surface area contributed by atoms with Crippen LogP contribution in [-0.4, -0.2) is 22.0 Å². The number of aryl methyl sites for hydroxylation is 1. The van der Waals surface area contributed by atoms with Crippen molar-refractivity contribution in [1.29, 1.82) is 0 Å². The standard InChI is InChI=1S/C14H13ClN2O3S/c1-8-13(9-2-4-10(15)5-3-9)17-14(21-8)16-11(18)6-7-12(19)20/h2-5H,6-7H2,1H3,(H,19,20)(H,16,17,18). The van der Waals surface area contributed by atoms with Gasteiger partial charge in [0.15, 0.2) is 5.13 Å². The summed E-state index contributed by atoms with van der Waals surface area (Å²) in [5.74, 6) is -1.35. The Kier molecular flexibility index (Phi) is 4.93. The van der Waals surface area contributed by atoms with Gasteiger partial charge in [0.05, 0.1) is 12.1 Å². The van der Waals surface area contributed by atoms with Gasteiger partial charge in [0.1, 0.15) is 0 Å². The molecule has 0 aliphatic carbocycles. The van der Waals surface area contributed by atoms with Crippen molar-refractivity contribution in [3.8, 4) is 11.3 Å². The first-order valence-electron chi connectivity index (χ1n) is 6.20. The number of hydrogen-bond acceptors (Lipinski definition) is 4. The van der Waals surface area contributed by atoms with Gasteiger partial charge in [-0.15, -0.1) is 11.3 Å². The van der Waals surface area contributed by atoms with Crippen LogP contribution >= 0.6 is 22.9 Å². The summed E-state index contributed by atoms with van der Waals surface area (Å²) in [7, 11) is 0. The Morgan fingerprint density at radius 2 is 1.95 bits per heavy atom. The summed E-state index contributed by atoms with van der Waals surface area (Å²) in [5, 5.41) is 12.3. The predicted molar refractivity (Wildman–Crippen MR) is 82.8 cm³/mol. The smallest absolute Gasteiger partial charge is 0.303 e. The molecular weight excluding hydrogens is 312 g/mol. The molecule has 0 saturated heterocycles. The van der Waals surface area contributed by atoms with Gasteiger partial charge < -0.3 is 10.4 Å². The van der Waals surface area contributed by atoms with Crippen molar-refractivity contribution in [3.63, 3.8) is 0 Å². The second kappa shape index (κ2) is 6.69. The monoisotopic (exact) mass is 324 g/mol. The minimum absolute atomic E-state index is 0.0652. The number of carbonyl (C=O) groups excluding carboxylic acids is 1. The SMILES string of the molecule is Cc1sc(NC(=O)CCC(=O)O)nc1-c1ccc(Cl)cc1. The molecule has 1 amide bonds. The molecule has 0 bridgehead atoms. The highest BCUT2D eigenvalue weighted by atomic mass is 35.5. The van der Waals surface area contributed by atoms with Crippen molar-refractivity contribution in [3.05, 3.63) is 34.2 Å². The number of thiazole rings is 1. The zero-order chi connectivity index (χ0) is 15.4. The molecule has 0 aliphatic rings. The van der Waals surface area contributed by atoms with Gasteiger partial charge in [-0.1, -0.05) is 23.7 Å². The Morgan fingerprint density at radius 3 is 2.57 bits per heavy atom. The Labute approximate surface area is 130 Å². The molecule has 0 atom stereocenters. The Bertz CT molecular complexity index is 667. The lowest BCUT2D eigenvalue weighted by Gasteiger charge is -1.99. The molecule has 1 aromatic heterocycles. The van der Waals surface area contributed by atoms with Crippen molar-refractivity contribution in [2.75, 3.05) is 5.32 Å². The zero-order valence-corrected chi connectivity index (χ0v) is 12.8. The Balaban J connectivity index is 2.10. The summed E-state index contributed by atoms with van der Waals surface area (Å²) in [5.41, 5.74) is 1.70. The number of rotatable bonds is 5. The number of hydrogen-bond donors (Lipinski definition) is 2. The number of amides is 1. The van der Waals surface area contributed by atoms with Crippen LogP contribution in [0.1, 0.15) is 17.7 Å². The second-order valence-corrected chi connectivity index (χ2v) is 6.01. The number of carboxylic acid groups (broad SMARTS) is 1. The average Bonchev–Trinajstić information content (AvgIpc) is 2.78. The highest BCUT2D eigenvalue weighted by molar-refractivity contribution is 7.16. The normalized spacial score (nSPS) is 10.4. The number of halogens is 1. The molecule has 0 fully saturated rings.